The van der Waals surface area contributed by atoms with Crippen molar-refractivity contribution in [1.29, 1.82) is 0 Å². The number of halogens is 4. The first-order valence-electron chi connectivity index (χ1n) is 11.6. The quantitative estimate of drug-likeness (QED) is 0.192. The first-order chi connectivity index (χ1) is 18.9. The van der Waals surface area contributed by atoms with E-state index in [0.29, 0.717) is 55.0 Å². The Morgan fingerprint density at radius 2 is 1.77 bits per heavy atom. The van der Waals surface area contributed by atoms with Gasteiger partial charge in [-0.05, 0) is 64.9 Å². The zero-order chi connectivity index (χ0) is 27.4. The number of hydrogen-bond donors (Lipinski definition) is 2. The van der Waals surface area contributed by atoms with Crippen LogP contribution in [0.15, 0.2) is 79.1 Å². The molecule has 0 radical (unpaired) electrons. The van der Waals surface area contributed by atoms with E-state index in [0.717, 1.165) is 5.56 Å². The van der Waals surface area contributed by atoms with E-state index in [2.05, 4.69) is 25.8 Å². The van der Waals surface area contributed by atoms with E-state index in [9.17, 15) is 4.79 Å². The SMILES string of the molecule is O=C(/C=C/c1cc(Cl)ccc1-n1cnnn1)N[C@@H](Cc1ccccc1)c1nc(-c2ccc(Cl)cc2Cl)c(Cl)[nH]1. The molecule has 39 heavy (non-hydrogen) atoms. The van der Waals surface area contributed by atoms with Gasteiger partial charge in [0.25, 0.3) is 0 Å². The van der Waals surface area contributed by atoms with E-state index in [1.54, 1.807) is 42.5 Å². The summed E-state index contributed by atoms with van der Waals surface area (Å²) in [5.74, 6) is 0.126. The molecule has 1 atom stereocenters. The number of H-pyrrole nitrogens is 1. The molecule has 2 N–H and O–H groups in total. The van der Waals surface area contributed by atoms with Gasteiger partial charge in [0.05, 0.1) is 16.8 Å². The molecular formula is C27H19Cl4N7O. The van der Waals surface area contributed by atoms with E-state index in [-0.39, 0.29) is 5.91 Å². The molecule has 0 bridgehead atoms. The molecule has 0 aliphatic carbocycles. The van der Waals surface area contributed by atoms with E-state index in [1.165, 1.54) is 17.1 Å². The molecule has 2 heterocycles. The lowest BCUT2D eigenvalue weighted by Crippen LogP contribution is -2.29. The van der Waals surface area contributed by atoms with Gasteiger partial charge in [0.1, 0.15) is 23.0 Å². The number of imidazole rings is 1. The maximum Gasteiger partial charge on any atom is 0.244 e. The van der Waals surface area contributed by atoms with Crippen molar-refractivity contribution >= 4 is 58.4 Å². The van der Waals surface area contributed by atoms with Crippen molar-refractivity contribution in [3.05, 3.63) is 116 Å². The van der Waals surface area contributed by atoms with Gasteiger partial charge in [0.2, 0.25) is 5.91 Å². The fourth-order valence-corrected chi connectivity index (χ4v) is 4.90. The maximum atomic E-state index is 13.1. The molecule has 5 aromatic rings. The Bertz CT molecular complexity index is 1640. The zero-order valence-electron chi connectivity index (χ0n) is 20.0. The molecule has 12 heteroatoms. The Hall–Kier alpha value is -3.69. The molecule has 5 rings (SSSR count). The number of carbonyl (C=O) groups is 1. The molecule has 0 spiro atoms. The highest BCUT2D eigenvalue weighted by atomic mass is 35.5. The predicted octanol–water partition coefficient (Wildman–Crippen LogP) is 6.78. The van der Waals surface area contributed by atoms with Crippen LogP contribution in [0.4, 0.5) is 0 Å². The summed E-state index contributed by atoms with van der Waals surface area (Å²) < 4.78 is 1.49. The van der Waals surface area contributed by atoms with Gasteiger partial charge in [-0.1, -0.05) is 76.7 Å². The van der Waals surface area contributed by atoms with Crippen molar-refractivity contribution < 1.29 is 4.79 Å². The van der Waals surface area contributed by atoms with Crippen molar-refractivity contribution in [2.45, 2.75) is 12.5 Å². The standard InChI is InChI=1S/C27H19Cl4N7O/c28-18-8-10-23(38-15-32-36-37-38)17(13-18)6-11-24(39)33-22(12-16-4-2-1-3-5-16)27-34-25(26(31)35-27)20-9-7-19(29)14-21(20)30/h1-11,13-15,22H,12H2,(H,33,39)(H,34,35)/b11-6+/t22-/m0/s1. The highest BCUT2D eigenvalue weighted by Crippen LogP contribution is 2.34. The van der Waals surface area contributed by atoms with Crippen LogP contribution in [0.5, 0.6) is 0 Å². The van der Waals surface area contributed by atoms with Gasteiger partial charge in [0, 0.05) is 27.2 Å². The van der Waals surface area contributed by atoms with Gasteiger partial charge in [-0.3, -0.25) is 4.79 Å². The number of nitrogens with zero attached hydrogens (tertiary/aromatic N) is 5. The normalized spacial score (nSPS) is 12.1. The van der Waals surface area contributed by atoms with Gasteiger partial charge in [-0.2, -0.15) is 4.68 Å². The minimum absolute atomic E-state index is 0.294. The van der Waals surface area contributed by atoms with Crippen molar-refractivity contribution in [2.24, 2.45) is 0 Å². The molecule has 0 saturated heterocycles. The number of amides is 1. The van der Waals surface area contributed by atoms with Crippen LogP contribution in [0.1, 0.15) is 23.0 Å². The zero-order valence-corrected chi connectivity index (χ0v) is 23.0. The minimum atomic E-state index is -0.528. The first kappa shape index (κ1) is 26.9. The Labute approximate surface area is 243 Å². The number of aromatic nitrogens is 6. The molecule has 0 aliphatic rings. The van der Waals surface area contributed by atoms with Crippen molar-refractivity contribution in [1.82, 2.24) is 35.5 Å². The Balaban J connectivity index is 1.43. The lowest BCUT2D eigenvalue weighted by Gasteiger charge is -2.16. The third kappa shape index (κ3) is 6.49. The van der Waals surface area contributed by atoms with Gasteiger partial charge in [-0.15, -0.1) is 5.10 Å². The Kier molecular flexibility index (Phi) is 8.28. The molecule has 0 unspecified atom stereocenters. The van der Waals surface area contributed by atoms with E-state index < -0.39 is 6.04 Å². The van der Waals surface area contributed by atoms with Crippen molar-refractivity contribution in [2.75, 3.05) is 0 Å². The van der Waals surface area contributed by atoms with Crippen LogP contribution < -0.4 is 5.32 Å². The van der Waals surface area contributed by atoms with Crippen LogP contribution in [0.3, 0.4) is 0 Å². The minimum Gasteiger partial charge on any atom is -0.342 e. The van der Waals surface area contributed by atoms with Gasteiger partial charge >= 0.3 is 0 Å². The summed E-state index contributed by atoms with van der Waals surface area (Å²) in [5.41, 5.74) is 3.40. The lowest BCUT2D eigenvalue weighted by atomic mass is 10.1. The van der Waals surface area contributed by atoms with Crippen LogP contribution in [0.25, 0.3) is 23.0 Å². The molecule has 8 nitrogen and oxygen atoms in total. The molecule has 2 aromatic heterocycles. The molecule has 3 aromatic carbocycles. The van der Waals surface area contributed by atoms with E-state index in [1.807, 2.05) is 30.3 Å². The summed E-state index contributed by atoms with van der Waals surface area (Å²) in [6, 6.07) is 19.5. The highest BCUT2D eigenvalue weighted by molar-refractivity contribution is 6.37. The van der Waals surface area contributed by atoms with Gasteiger partial charge in [-0.25, -0.2) is 4.98 Å². The molecule has 196 valence electrons. The second-order valence-corrected chi connectivity index (χ2v) is 10.1. The van der Waals surface area contributed by atoms with Crippen LogP contribution >= 0.6 is 46.4 Å². The number of hydrogen-bond acceptors (Lipinski definition) is 5. The third-order valence-corrected chi connectivity index (χ3v) is 6.85. The van der Waals surface area contributed by atoms with Gasteiger partial charge < -0.3 is 10.3 Å². The summed E-state index contributed by atoms with van der Waals surface area (Å²) in [6.07, 6.45) is 4.98. The second kappa shape index (κ2) is 12.0. The molecule has 0 saturated carbocycles. The Morgan fingerprint density at radius 1 is 1.00 bits per heavy atom. The number of rotatable bonds is 8. The fourth-order valence-electron chi connectivity index (χ4n) is 3.98. The third-order valence-electron chi connectivity index (χ3n) is 5.79. The van der Waals surface area contributed by atoms with Crippen LogP contribution in [0, 0.1) is 0 Å². The maximum absolute atomic E-state index is 13.1. The Morgan fingerprint density at radius 3 is 2.51 bits per heavy atom. The van der Waals surface area contributed by atoms with Crippen LogP contribution in [-0.2, 0) is 11.2 Å². The summed E-state index contributed by atoms with van der Waals surface area (Å²) in [4.78, 5) is 20.9. The van der Waals surface area contributed by atoms with E-state index in [4.69, 9.17) is 51.4 Å². The van der Waals surface area contributed by atoms with Gasteiger partial charge in [0.15, 0.2) is 0 Å². The fraction of sp³-hybridized carbons (Fsp3) is 0.0741. The summed E-state index contributed by atoms with van der Waals surface area (Å²) >= 11 is 25.2. The predicted molar refractivity (Wildman–Crippen MR) is 153 cm³/mol. The monoisotopic (exact) mass is 597 g/mol. The van der Waals surface area contributed by atoms with E-state index >= 15 is 0 Å². The number of aromatic amines is 1. The average Bonchev–Trinajstić information content (AvgIpc) is 3.58. The smallest absolute Gasteiger partial charge is 0.244 e. The summed E-state index contributed by atoms with van der Waals surface area (Å²) in [7, 11) is 0. The number of benzene rings is 3. The second-order valence-electron chi connectivity index (χ2n) is 8.45. The highest BCUT2D eigenvalue weighted by Gasteiger charge is 2.22. The summed E-state index contributed by atoms with van der Waals surface area (Å²) in [6.45, 7) is 0. The molecular weight excluding hydrogens is 580 g/mol. The number of tetrazole rings is 1. The topological polar surface area (TPSA) is 101 Å². The summed E-state index contributed by atoms with van der Waals surface area (Å²) in [5, 5.41) is 16.0. The first-order valence-corrected chi connectivity index (χ1v) is 13.1. The largest absolute Gasteiger partial charge is 0.342 e. The van der Waals surface area contributed by atoms with Crippen LogP contribution in [-0.4, -0.2) is 36.1 Å². The molecule has 1 amide bonds. The van der Waals surface area contributed by atoms with Crippen molar-refractivity contribution in [3.8, 4) is 16.9 Å². The molecule has 0 fully saturated rings. The number of nitrogens with one attached hydrogen (secondary N) is 2. The van der Waals surface area contributed by atoms with Crippen molar-refractivity contribution in [3.63, 3.8) is 0 Å². The lowest BCUT2D eigenvalue weighted by molar-refractivity contribution is -0.117. The number of carbonyl (C=O) groups excluding carboxylic acids is 1. The molecule has 0 aliphatic heterocycles. The van der Waals surface area contributed by atoms with Crippen LogP contribution in [0.2, 0.25) is 20.2 Å². The average molecular weight is 599 g/mol.